The monoisotopic (exact) mass is 305 g/mol. The maximum atomic E-state index is 5.94. The van der Waals surface area contributed by atoms with Crippen LogP contribution < -0.4 is 20.5 Å². The number of ether oxygens (including phenoxy) is 2. The highest BCUT2D eigenvalue weighted by Crippen LogP contribution is 2.18. The van der Waals surface area contributed by atoms with E-state index in [1.807, 2.05) is 24.3 Å². The molecule has 22 heavy (non-hydrogen) atoms. The summed E-state index contributed by atoms with van der Waals surface area (Å²) in [6.07, 6.45) is 7.62. The van der Waals surface area contributed by atoms with Gasteiger partial charge in [-0.05, 0) is 25.0 Å². The second kappa shape index (κ2) is 9.18. The van der Waals surface area contributed by atoms with Crippen molar-refractivity contribution in [2.75, 3.05) is 20.3 Å². The molecule has 1 aromatic rings. The fraction of sp³-hybridized carbons (Fsp3) is 0.588. The van der Waals surface area contributed by atoms with Gasteiger partial charge in [0.1, 0.15) is 18.1 Å². The third kappa shape index (κ3) is 5.84. The maximum absolute atomic E-state index is 5.94. The van der Waals surface area contributed by atoms with E-state index < -0.39 is 0 Å². The first kappa shape index (κ1) is 16.5. The Morgan fingerprint density at radius 3 is 2.68 bits per heavy atom. The number of hydrogen-bond donors (Lipinski definition) is 2. The van der Waals surface area contributed by atoms with Crippen LogP contribution in [0, 0.1) is 0 Å². The van der Waals surface area contributed by atoms with E-state index in [-0.39, 0.29) is 0 Å². The number of nitrogens with two attached hydrogens (primary N) is 1. The molecule has 0 saturated heterocycles. The molecule has 2 rings (SSSR count). The fourth-order valence-corrected chi connectivity index (χ4v) is 2.70. The number of nitrogens with zero attached hydrogens (tertiary/aromatic N) is 1. The number of guanidine groups is 1. The Balaban J connectivity index is 1.69. The topological polar surface area (TPSA) is 68.9 Å². The highest BCUT2D eigenvalue weighted by atomic mass is 16.5. The third-order valence-corrected chi connectivity index (χ3v) is 3.89. The van der Waals surface area contributed by atoms with Gasteiger partial charge in [-0.15, -0.1) is 0 Å². The average Bonchev–Trinajstić information content (AvgIpc) is 2.80. The SMILES string of the molecule is COc1cccc(OCCN=C(N)NC2CCCCCC2)c1. The predicted molar refractivity (Wildman–Crippen MR) is 89.6 cm³/mol. The van der Waals surface area contributed by atoms with Gasteiger partial charge in [-0.1, -0.05) is 31.7 Å². The number of aliphatic imine (C=N–C) groups is 1. The number of benzene rings is 1. The molecule has 122 valence electrons. The Labute approximate surface area is 132 Å². The Morgan fingerprint density at radius 2 is 1.95 bits per heavy atom. The first-order valence-electron chi connectivity index (χ1n) is 8.11. The molecule has 0 heterocycles. The van der Waals surface area contributed by atoms with Crippen LogP contribution in [0.3, 0.4) is 0 Å². The summed E-state index contributed by atoms with van der Waals surface area (Å²) in [5.74, 6) is 2.10. The highest BCUT2D eigenvalue weighted by Gasteiger charge is 2.12. The number of hydrogen-bond acceptors (Lipinski definition) is 3. The van der Waals surface area contributed by atoms with E-state index in [0.29, 0.717) is 25.2 Å². The van der Waals surface area contributed by atoms with Crippen molar-refractivity contribution in [2.24, 2.45) is 10.7 Å². The zero-order valence-corrected chi connectivity index (χ0v) is 13.4. The minimum absolute atomic E-state index is 0.477. The summed E-state index contributed by atoms with van der Waals surface area (Å²) in [5.41, 5.74) is 5.94. The van der Waals surface area contributed by atoms with Gasteiger partial charge in [0.15, 0.2) is 5.96 Å². The molecule has 0 radical (unpaired) electrons. The van der Waals surface area contributed by atoms with Gasteiger partial charge in [0, 0.05) is 12.1 Å². The van der Waals surface area contributed by atoms with Crippen LogP contribution >= 0.6 is 0 Å². The zero-order valence-electron chi connectivity index (χ0n) is 13.4. The van der Waals surface area contributed by atoms with E-state index in [9.17, 15) is 0 Å². The molecule has 0 bridgehead atoms. The van der Waals surface area contributed by atoms with Crippen molar-refractivity contribution in [3.8, 4) is 11.5 Å². The van der Waals surface area contributed by atoms with E-state index in [4.69, 9.17) is 15.2 Å². The quantitative estimate of drug-likeness (QED) is 0.367. The molecule has 0 amide bonds. The van der Waals surface area contributed by atoms with Crippen LogP contribution in [0.25, 0.3) is 0 Å². The van der Waals surface area contributed by atoms with Crippen LogP contribution in [0.4, 0.5) is 0 Å². The van der Waals surface area contributed by atoms with Crippen LogP contribution in [-0.4, -0.2) is 32.3 Å². The second-order valence-corrected chi connectivity index (χ2v) is 5.63. The minimum Gasteiger partial charge on any atom is -0.497 e. The van der Waals surface area contributed by atoms with Crippen LogP contribution in [0.5, 0.6) is 11.5 Å². The van der Waals surface area contributed by atoms with Crippen molar-refractivity contribution < 1.29 is 9.47 Å². The summed E-state index contributed by atoms with van der Waals surface area (Å²) < 4.78 is 10.8. The molecule has 0 spiro atoms. The fourth-order valence-electron chi connectivity index (χ4n) is 2.70. The van der Waals surface area contributed by atoms with Crippen LogP contribution in [0.2, 0.25) is 0 Å². The lowest BCUT2D eigenvalue weighted by Crippen LogP contribution is -2.40. The summed E-state index contributed by atoms with van der Waals surface area (Å²) in [5, 5.41) is 3.33. The molecule has 1 aromatic carbocycles. The smallest absolute Gasteiger partial charge is 0.188 e. The maximum Gasteiger partial charge on any atom is 0.188 e. The molecule has 0 aromatic heterocycles. The summed E-state index contributed by atoms with van der Waals surface area (Å²) in [6, 6.07) is 8.03. The van der Waals surface area contributed by atoms with Gasteiger partial charge in [-0.2, -0.15) is 0 Å². The van der Waals surface area contributed by atoms with Crippen molar-refractivity contribution in [3.63, 3.8) is 0 Å². The van der Waals surface area contributed by atoms with E-state index in [0.717, 1.165) is 11.5 Å². The van der Waals surface area contributed by atoms with Gasteiger partial charge < -0.3 is 20.5 Å². The summed E-state index contributed by atoms with van der Waals surface area (Å²) >= 11 is 0. The standard InChI is InChI=1S/C17H27N3O2/c1-21-15-9-6-10-16(13-15)22-12-11-19-17(18)20-14-7-4-2-3-5-8-14/h6,9-10,13-14H,2-5,7-8,11-12H2,1H3,(H3,18,19,20). The van der Waals surface area contributed by atoms with Gasteiger partial charge in [-0.3, -0.25) is 0 Å². The van der Waals surface area contributed by atoms with Crippen LogP contribution in [-0.2, 0) is 0 Å². The molecular formula is C17H27N3O2. The molecule has 5 heteroatoms. The Bertz CT molecular complexity index is 469. The number of rotatable bonds is 6. The highest BCUT2D eigenvalue weighted by molar-refractivity contribution is 5.78. The summed E-state index contributed by atoms with van der Waals surface area (Å²) in [4.78, 5) is 4.33. The van der Waals surface area contributed by atoms with E-state index in [2.05, 4.69) is 10.3 Å². The first-order valence-corrected chi connectivity index (χ1v) is 8.11. The van der Waals surface area contributed by atoms with Crippen molar-refractivity contribution >= 4 is 5.96 Å². The molecule has 1 aliphatic carbocycles. The molecule has 1 fully saturated rings. The van der Waals surface area contributed by atoms with E-state index >= 15 is 0 Å². The molecule has 0 atom stereocenters. The summed E-state index contributed by atoms with van der Waals surface area (Å²) in [6.45, 7) is 1.04. The lowest BCUT2D eigenvalue weighted by atomic mass is 10.1. The Morgan fingerprint density at radius 1 is 1.23 bits per heavy atom. The summed E-state index contributed by atoms with van der Waals surface area (Å²) in [7, 11) is 1.64. The lowest BCUT2D eigenvalue weighted by molar-refractivity contribution is 0.325. The van der Waals surface area contributed by atoms with E-state index in [1.165, 1.54) is 38.5 Å². The molecule has 3 N–H and O–H groups in total. The van der Waals surface area contributed by atoms with Crippen molar-refractivity contribution in [2.45, 2.75) is 44.6 Å². The predicted octanol–water partition coefficient (Wildman–Crippen LogP) is 2.70. The van der Waals surface area contributed by atoms with Crippen LogP contribution in [0.1, 0.15) is 38.5 Å². The van der Waals surface area contributed by atoms with Crippen LogP contribution in [0.15, 0.2) is 29.3 Å². The van der Waals surface area contributed by atoms with Gasteiger partial charge >= 0.3 is 0 Å². The number of nitrogens with one attached hydrogen (secondary N) is 1. The molecule has 1 saturated carbocycles. The molecule has 0 aliphatic heterocycles. The van der Waals surface area contributed by atoms with E-state index in [1.54, 1.807) is 7.11 Å². The van der Waals surface area contributed by atoms with Crippen molar-refractivity contribution in [1.29, 1.82) is 0 Å². The Kier molecular flexibility index (Phi) is 6.87. The van der Waals surface area contributed by atoms with Crippen molar-refractivity contribution in [3.05, 3.63) is 24.3 Å². The van der Waals surface area contributed by atoms with Gasteiger partial charge in [0.2, 0.25) is 0 Å². The van der Waals surface area contributed by atoms with Gasteiger partial charge in [0.05, 0.1) is 13.7 Å². The van der Waals surface area contributed by atoms with Crippen molar-refractivity contribution in [1.82, 2.24) is 5.32 Å². The van der Waals surface area contributed by atoms with Gasteiger partial charge in [-0.25, -0.2) is 4.99 Å². The Hall–Kier alpha value is -1.91. The number of methoxy groups -OCH3 is 1. The largest absolute Gasteiger partial charge is 0.497 e. The van der Waals surface area contributed by atoms with Gasteiger partial charge in [0.25, 0.3) is 0 Å². The molecule has 1 aliphatic rings. The average molecular weight is 305 g/mol. The normalized spacial score (nSPS) is 16.9. The molecule has 5 nitrogen and oxygen atoms in total. The first-order chi connectivity index (χ1) is 10.8. The second-order valence-electron chi connectivity index (χ2n) is 5.63. The third-order valence-electron chi connectivity index (χ3n) is 3.89. The molecule has 0 unspecified atom stereocenters. The minimum atomic E-state index is 0.477. The zero-order chi connectivity index (χ0) is 15.6. The molecular weight excluding hydrogens is 278 g/mol. The lowest BCUT2D eigenvalue weighted by Gasteiger charge is -2.16.